The highest BCUT2D eigenvalue weighted by molar-refractivity contribution is 5.76. The van der Waals surface area contributed by atoms with Gasteiger partial charge in [0.1, 0.15) is 17.4 Å². The van der Waals surface area contributed by atoms with Crippen LogP contribution in [0.3, 0.4) is 0 Å². The molecule has 0 fully saturated rings. The average Bonchev–Trinajstić information content (AvgIpc) is 2.60. The number of carbonyl (C=O) groups is 2. The Labute approximate surface area is 156 Å². The van der Waals surface area contributed by atoms with Crippen molar-refractivity contribution in [1.29, 1.82) is 0 Å². The third kappa shape index (κ3) is 6.69. The smallest absolute Gasteiger partial charge is 0.341 e. The van der Waals surface area contributed by atoms with Crippen molar-refractivity contribution in [1.82, 2.24) is 5.32 Å². The van der Waals surface area contributed by atoms with Crippen LogP contribution >= 0.6 is 0 Å². The number of carbonyl (C=O) groups excluding carboxylic acids is 1. The van der Waals surface area contributed by atoms with Crippen molar-refractivity contribution in [3.63, 3.8) is 0 Å². The van der Waals surface area contributed by atoms with E-state index in [1.165, 1.54) is 12.1 Å². The minimum atomic E-state index is -1.04. The molecule has 7 heteroatoms. The molecule has 0 aliphatic carbocycles. The van der Waals surface area contributed by atoms with E-state index in [4.69, 9.17) is 9.84 Å². The maximum Gasteiger partial charge on any atom is 0.341 e. The van der Waals surface area contributed by atoms with Crippen LogP contribution in [0.4, 0.5) is 8.78 Å². The highest BCUT2D eigenvalue weighted by Crippen LogP contribution is 2.22. The summed E-state index contributed by atoms with van der Waals surface area (Å²) in [6.45, 7) is 1.72. The van der Waals surface area contributed by atoms with Crippen LogP contribution in [-0.4, -0.2) is 30.1 Å². The molecule has 5 nitrogen and oxygen atoms in total. The molecule has 0 saturated carbocycles. The molecule has 0 radical (unpaired) electrons. The summed E-state index contributed by atoms with van der Waals surface area (Å²) in [5.74, 6) is -2.46. The average molecular weight is 377 g/mol. The van der Waals surface area contributed by atoms with Crippen molar-refractivity contribution < 1.29 is 28.2 Å². The first-order chi connectivity index (χ1) is 12.8. The van der Waals surface area contributed by atoms with Crippen molar-refractivity contribution in [2.24, 2.45) is 0 Å². The number of ether oxygens (including phenoxy) is 1. The molecule has 144 valence electrons. The van der Waals surface area contributed by atoms with Gasteiger partial charge in [-0.2, -0.15) is 0 Å². The van der Waals surface area contributed by atoms with Crippen LogP contribution < -0.4 is 10.1 Å². The maximum atomic E-state index is 13.7. The van der Waals surface area contributed by atoms with E-state index in [0.29, 0.717) is 24.3 Å². The quantitative estimate of drug-likeness (QED) is 0.703. The summed E-state index contributed by atoms with van der Waals surface area (Å²) in [4.78, 5) is 22.5. The lowest BCUT2D eigenvalue weighted by Crippen LogP contribution is -2.26. The van der Waals surface area contributed by atoms with Gasteiger partial charge in [0.15, 0.2) is 6.61 Å². The van der Waals surface area contributed by atoms with E-state index >= 15 is 0 Å². The molecule has 0 heterocycles. The number of hydrogen-bond acceptors (Lipinski definition) is 3. The van der Waals surface area contributed by atoms with E-state index in [2.05, 4.69) is 5.32 Å². The summed E-state index contributed by atoms with van der Waals surface area (Å²) in [5, 5.41) is 11.3. The monoisotopic (exact) mass is 377 g/mol. The van der Waals surface area contributed by atoms with Gasteiger partial charge >= 0.3 is 5.97 Å². The standard InChI is InChI=1S/C20H21F2NO4/c1-13(17-7-4-15(21)11-18(17)22)10-19(24)23-9-8-14-2-5-16(6-3-14)27-12-20(25)26/h2-7,11,13H,8-10,12H2,1H3,(H,23,24)(H,25,26). The molecule has 2 N–H and O–H groups in total. The van der Waals surface area contributed by atoms with Crippen LogP contribution in [0.2, 0.25) is 0 Å². The number of hydrogen-bond donors (Lipinski definition) is 2. The molecule has 1 unspecified atom stereocenters. The molecular formula is C20H21F2NO4. The third-order valence-electron chi connectivity index (χ3n) is 4.01. The first-order valence-corrected chi connectivity index (χ1v) is 8.50. The number of carboxylic acid groups (broad SMARTS) is 1. The van der Waals surface area contributed by atoms with Gasteiger partial charge in [0.2, 0.25) is 5.91 Å². The second kappa shape index (κ2) is 9.66. The van der Waals surface area contributed by atoms with E-state index in [-0.39, 0.29) is 18.2 Å². The van der Waals surface area contributed by atoms with E-state index in [9.17, 15) is 18.4 Å². The second-order valence-electron chi connectivity index (χ2n) is 6.20. The number of nitrogens with one attached hydrogen (secondary N) is 1. The van der Waals surface area contributed by atoms with Gasteiger partial charge in [-0.25, -0.2) is 13.6 Å². The Morgan fingerprint density at radius 2 is 1.85 bits per heavy atom. The first-order valence-electron chi connectivity index (χ1n) is 8.50. The van der Waals surface area contributed by atoms with Crippen molar-refractivity contribution >= 4 is 11.9 Å². The van der Waals surface area contributed by atoms with E-state index < -0.39 is 24.2 Å². The number of rotatable bonds is 9. The summed E-state index contributed by atoms with van der Waals surface area (Å²) in [5.41, 5.74) is 1.26. The largest absolute Gasteiger partial charge is 0.482 e. The number of benzene rings is 2. The number of halogens is 2. The first kappa shape index (κ1) is 20.4. The van der Waals surface area contributed by atoms with Crippen LogP contribution in [0.5, 0.6) is 5.75 Å². The summed E-state index contributed by atoms with van der Waals surface area (Å²) in [6.07, 6.45) is 0.689. The fourth-order valence-corrected chi connectivity index (χ4v) is 2.61. The van der Waals surface area contributed by atoms with Crippen LogP contribution in [0.1, 0.15) is 30.4 Å². The van der Waals surface area contributed by atoms with Crippen molar-refractivity contribution in [2.75, 3.05) is 13.2 Å². The fraction of sp³-hybridized carbons (Fsp3) is 0.300. The molecule has 27 heavy (non-hydrogen) atoms. The topological polar surface area (TPSA) is 75.6 Å². The van der Waals surface area contributed by atoms with Crippen molar-refractivity contribution in [3.8, 4) is 5.75 Å². The molecule has 1 atom stereocenters. The Morgan fingerprint density at radius 1 is 1.15 bits per heavy atom. The molecule has 0 bridgehead atoms. The summed E-state index contributed by atoms with van der Waals surface area (Å²) in [7, 11) is 0. The summed E-state index contributed by atoms with van der Waals surface area (Å²) >= 11 is 0. The van der Waals surface area contributed by atoms with Gasteiger partial charge < -0.3 is 15.2 Å². The molecule has 0 aliphatic heterocycles. The lowest BCUT2D eigenvalue weighted by atomic mass is 9.97. The Kier molecular flexibility index (Phi) is 7.28. The summed E-state index contributed by atoms with van der Waals surface area (Å²) in [6, 6.07) is 10.3. The highest BCUT2D eigenvalue weighted by Gasteiger charge is 2.15. The van der Waals surface area contributed by atoms with Gasteiger partial charge in [-0.05, 0) is 41.7 Å². The fourth-order valence-electron chi connectivity index (χ4n) is 2.61. The van der Waals surface area contributed by atoms with E-state index in [1.54, 1.807) is 31.2 Å². The van der Waals surface area contributed by atoms with Crippen LogP contribution in [0, 0.1) is 11.6 Å². The van der Waals surface area contributed by atoms with Crippen LogP contribution in [0.15, 0.2) is 42.5 Å². The third-order valence-corrected chi connectivity index (χ3v) is 4.01. The molecule has 1 amide bonds. The molecular weight excluding hydrogens is 356 g/mol. The predicted molar refractivity (Wildman–Crippen MR) is 95.7 cm³/mol. The minimum Gasteiger partial charge on any atom is -0.482 e. The van der Waals surface area contributed by atoms with Gasteiger partial charge in [0.25, 0.3) is 0 Å². The van der Waals surface area contributed by atoms with E-state index in [0.717, 1.165) is 11.6 Å². The number of amides is 1. The predicted octanol–water partition coefficient (Wildman–Crippen LogP) is 3.28. The van der Waals surface area contributed by atoms with Gasteiger partial charge in [-0.15, -0.1) is 0 Å². The molecule has 0 aromatic heterocycles. The second-order valence-corrected chi connectivity index (χ2v) is 6.20. The lowest BCUT2D eigenvalue weighted by Gasteiger charge is -2.13. The number of carboxylic acids is 1. The molecule has 0 saturated heterocycles. The SMILES string of the molecule is CC(CC(=O)NCCc1ccc(OCC(=O)O)cc1)c1ccc(F)cc1F. The van der Waals surface area contributed by atoms with E-state index in [1.807, 2.05) is 0 Å². The highest BCUT2D eigenvalue weighted by atomic mass is 19.1. The van der Waals surface area contributed by atoms with Crippen LogP contribution in [0.25, 0.3) is 0 Å². The summed E-state index contributed by atoms with van der Waals surface area (Å²) < 4.78 is 31.7. The Hall–Kier alpha value is -2.96. The van der Waals surface area contributed by atoms with Gasteiger partial charge in [-0.3, -0.25) is 4.79 Å². The molecule has 2 aromatic carbocycles. The van der Waals surface area contributed by atoms with Gasteiger partial charge in [0.05, 0.1) is 0 Å². The van der Waals surface area contributed by atoms with Crippen LogP contribution in [-0.2, 0) is 16.0 Å². The zero-order valence-electron chi connectivity index (χ0n) is 14.9. The molecule has 0 aliphatic rings. The Morgan fingerprint density at radius 3 is 2.48 bits per heavy atom. The van der Waals surface area contributed by atoms with Gasteiger partial charge in [0, 0.05) is 19.0 Å². The lowest BCUT2D eigenvalue weighted by molar-refractivity contribution is -0.139. The van der Waals surface area contributed by atoms with Crippen molar-refractivity contribution in [3.05, 3.63) is 65.2 Å². The van der Waals surface area contributed by atoms with Crippen molar-refractivity contribution in [2.45, 2.75) is 25.7 Å². The molecule has 2 rings (SSSR count). The zero-order valence-corrected chi connectivity index (χ0v) is 14.9. The molecule has 2 aromatic rings. The Bertz CT molecular complexity index is 793. The normalized spacial score (nSPS) is 11.7. The maximum absolute atomic E-state index is 13.7. The zero-order chi connectivity index (χ0) is 19.8. The molecule has 0 spiro atoms. The minimum absolute atomic E-state index is 0.102. The van der Waals surface area contributed by atoms with Gasteiger partial charge in [-0.1, -0.05) is 25.1 Å². The Balaban J connectivity index is 1.76. The number of aliphatic carboxylic acids is 1.